The summed E-state index contributed by atoms with van der Waals surface area (Å²) in [5.41, 5.74) is 7.40. The SMILES string of the molecule is CSCC[C@@H](N)C(=O)Nc1ccccc1-n1cccn1. The number of hydrogen-bond acceptors (Lipinski definition) is 4. The van der Waals surface area contributed by atoms with Crippen molar-refractivity contribution in [1.29, 1.82) is 0 Å². The highest BCUT2D eigenvalue weighted by molar-refractivity contribution is 7.98. The van der Waals surface area contributed by atoms with Crippen molar-refractivity contribution in [1.82, 2.24) is 9.78 Å². The van der Waals surface area contributed by atoms with Crippen LogP contribution in [0.4, 0.5) is 5.69 Å². The van der Waals surface area contributed by atoms with Crippen LogP contribution >= 0.6 is 11.8 Å². The topological polar surface area (TPSA) is 72.9 Å². The molecule has 0 saturated carbocycles. The Labute approximate surface area is 122 Å². The van der Waals surface area contributed by atoms with Gasteiger partial charge in [-0.05, 0) is 36.6 Å². The number of aromatic nitrogens is 2. The zero-order valence-electron chi connectivity index (χ0n) is 11.3. The van der Waals surface area contributed by atoms with Crippen LogP contribution in [-0.4, -0.2) is 33.7 Å². The van der Waals surface area contributed by atoms with E-state index in [0.29, 0.717) is 12.1 Å². The molecule has 0 spiro atoms. The lowest BCUT2D eigenvalue weighted by Gasteiger charge is -2.14. The normalized spacial score (nSPS) is 12.1. The monoisotopic (exact) mass is 290 g/mol. The summed E-state index contributed by atoms with van der Waals surface area (Å²) < 4.78 is 1.71. The third kappa shape index (κ3) is 3.61. The molecule has 6 heteroatoms. The smallest absolute Gasteiger partial charge is 0.241 e. The van der Waals surface area contributed by atoms with Crippen LogP contribution in [0.5, 0.6) is 0 Å². The van der Waals surface area contributed by atoms with Crippen molar-refractivity contribution in [3.8, 4) is 5.69 Å². The molecule has 3 N–H and O–H groups in total. The predicted octanol–water partition coefficient (Wildman–Crippen LogP) is 1.89. The third-order valence-electron chi connectivity index (χ3n) is 2.88. The first-order valence-corrected chi connectivity index (χ1v) is 7.76. The molecule has 0 radical (unpaired) electrons. The molecule has 1 heterocycles. The molecule has 1 aromatic carbocycles. The summed E-state index contributed by atoms with van der Waals surface area (Å²) in [5.74, 6) is 0.703. The van der Waals surface area contributed by atoms with Crippen LogP contribution in [0.2, 0.25) is 0 Å². The van der Waals surface area contributed by atoms with Gasteiger partial charge in [0.2, 0.25) is 5.91 Å². The maximum atomic E-state index is 12.1. The van der Waals surface area contributed by atoms with Gasteiger partial charge < -0.3 is 11.1 Å². The van der Waals surface area contributed by atoms with Crippen LogP contribution < -0.4 is 11.1 Å². The van der Waals surface area contributed by atoms with Gasteiger partial charge in [0.1, 0.15) is 0 Å². The van der Waals surface area contributed by atoms with Crippen LogP contribution in [0.25, 0.3) is 5.69 Å². The fourth-order valence-electron chi connectivity index (χ4n) is 1.79. The second-order valence-electron chi connectivity index (χ2n) is 4.34. The minimum absolute atomic E-state index is 0.168. The van der Waals surface area contributed by atoms with E-state index in [9.17, 15) is 4.79 Å². The Hall–Kier alpha value is -1.79. The first-order chi connectivity index (χ1) is 9.72. The maximum absolute atomic E-state index is 12.1. The minimum Gasteiger partial charge on any atom is -0.323 e. The van der Waals surface area contributed by atoms with Gasteiger partial charge in [0, 0.05) is 12.4 Å². The number of hydrogen-bond donors (Lipinski definition) is 2. The van der Waals surface area contributed by atoms with Gasteiger partial charge in [0.05, 0.1) is 17.4 Å². The van der Waals surface area contributed by atoms with Crippen LogP contribution in [0.3, 0.4) is 0 Å². The number of rotatable bonds is 6. The molecule has 2 aromatic rings. The van der Waals surface area contributed by atoms with E-state index in [4.69, 9.17) is 5.73 Å². The first kappa shape index (κ1) is 14.6. The number of nitrogens with one attached hydrogen (secondary N) is 1. The second kappa shape index (κ2) is 7.12. The molecule has 5 nitrogen and oxygen atoms in total. The van der Waals surface area contributed by atoms with Gasteiger partial charge in [0.25, 0.3) is 0 Å². The lowest BCUT2D eigenvalue weighted by Crippen LogP contribution is -2.36. The standard InChI is InChI=1S/C14H18N4OS/c1-20-10-7-11(15)14(19)17-12-5-2-3-6-13(12)18-9-4-8-16-18/h2-6,8-9,11H,7,10,15H2,1H3,(H,17,19)/t11-/m1/s1. The summed E-state index contributed by atoms with van der Waals surface area (Å²) in [6.45, 7) is 0. The summed E-state index contributed by atoms with van der Waals surface area (Å²) in [7, 11) is 0. The highest BCUT2D eigenvalue weighted by atomic mass is 32.2. The summed E-state index contributed by atoms with van der Waals surface area (Å²) in [4.78, 5) is 12.1. The van der Waals surface area contributed by atoms with Gasteiger partial charge in [-0.3, -0.25) is 4.79 Å². The largest absolute Gasteiger partial charge is 0.323 e. The Kier molecular flexibility index (Phi) is 5.20. The highest BCUT2D eigenvalue weighted by Crippen LogP contribution is 2.19. The van der Waals surface area contributed by atoms with Crippen LogP contribution in [0, 0.1) is 0 Å². The summed E-state index contributed by atoms with van der Waals surface area (Å²) in [6.07, 6.45) is 6.19. The molecule has 0 unspecified atom stereocenters. The Morgan fingerprint density at radius 2 is 2.25 bits per heavy atom. The summed E-state index contributed by atoms with van der Waals surface area (Å²) in [6, 6.07) is 8.86. The second-order valence-corrected chi connectivity index (χ2v) is 5.33. The van der Waals surface area contributed by atoms with Crippen molar-refractivity contribution >= 4 is 23.4 Å². The average Bonchev–Trinajstić information content (AvgIpc) is 2.99. The molecule has 0 fully saturated rings. The van der Waals surface area contributed by atoms with Gasteiger partial charge in [-0.15, -0.1) is 0 Å². The van der Waals surface area contributed by atoms with E-state index < -0.39 is 6.04 Å². The van der Waals surface area contributed by atoms with Gasteiger partial charge in [-0.1, -0.05) is 12.1 Å². The molecule has 1 amide bonds. The van der Waals surface area contributed by atoms with E-state index in [1.807, 2.05) is 42.8 Å². The fraction of sp³-hybridized carbons (Fsp3) is 0.286. The minimum atomic E-state index is -0.492. The number of para-hydroxylation sites is 2. The van der Waals surface area contributed by atoms with Gasteiger partial charge in [-0.2, -0.15) is 16.9 Å². The summed E-state index contributed by atoms with van der Waals surface area (Å²) >= 11 is 1.68. The number of amides is 1. The van der Waals surface area contributed by atoms with Crippen LogP contribution in [-0.2, 0) is 4.79 Å². The quantitative estimate of drug-likeness (QED) is 0.852. The lowest BCUT2D eigenvalue weighted by atomic mass is 10.2. The maximum Gasteiger partial charge on any atom is 0.241 e. The van der Waals surface area contributed by atoms with Crippen molar-refractivity contribution < 1.29 is 4.79 Å². The van der Waals surface area contributed by atoms with Gasteiger partial charge in [-0.25, -0.2) is 4.68 Å². The lowest BCUT2D eigenvalue weighted by molar-refractivity contribution is -0.117. The number of carbonyl (C=O) groups excluding carboxylic acids is 1. The third-order valence-corrected chi connectivity index (χ3v) is 3.53. The van der Waals surface area contributed by atoms with Crippen LogP contribution in [0.15, 0.2) is 42.7 Å². The number of nitrogens with two attached hydrogens (primary N) is 1. The Morgan fingerprint density at radius 3 is 2.95 bits per heavy atom. The predicted molar refractivity (Wildman–Crippen MR) is 83.2 cm³/mol. The van der Waals surface area contributed by atoms with Gasteiger partial charge >= 0.3 is 0 Å². The number of anilines is 1. The zero-order chi connectivity index (χ0) is 14.4. The highest BCUT2D eigenvalue weighted by Gasteiger charge is 2.15. The molecule has 2 rings (SSSR count). The van der Waals surface area contributed by atoms with Crippen LogP contribution in [0.1, 0.15) is 6.42 Å². The van der Waals surface area contributed by atoms with E-state index in [0.717, 1.165) is 11.4 Å². The van der Waals surface area contributed by atoms with E-state index in [1.165, 1.54) is 0 Å². The summed E-state index contributed by atoms with van der Waals surface area (Å²) in [5, 5.41) is 7.05. The average molecular weight is 290 g/mol. The number of carbonyl (C=O) groups is 1. The zero-order valence-corrected chi connectivity index (χ0v) is 12.1. The van der Waals surface area contributed by atoms with Crippen molar-refractivity contribution in [2.45, 2.75) is 12.5 Å². The molecule has 1 atom stereocenters. The number of benzene rings is 1. The van der Waals surface area contributed by atoms with Crippen molar-refractivity contribution in [2.24, 2.45) is 5.73 Å². The van der Waals surface area contributed by atoms with Crippen molar-refractivity contribution in [2.75, 3.05) is 17.3 Å². The fourth-order valence-corrected chi connectivity index (χ4v) is 2.28. The number of nitrogens with zero attached hydrogens (tertiary/aromatic N) is 2. The molecule has 106 valence electrons. The van der Waals surface area contributed by atoms with E-state index in [2.05, 4.69) is 10.4 Å². The van der Waals surface area contributed by atoms with Crippen molar-refractivity contribution in [3.05, 3.63) is 42.7 Å². The molecule has 0 saturated heterocycles. The van der Waals surface area contributed by atoms with Crippen molar-refractivity contribution in [3.63, 3.8) is 0 Å². The Bertz CT molecular complexity index is 556. The molecule has 20 heavy (non-hydrogen) atoms. The molecular formula is C14H18N4OS. The Balaban J connectivity index is 2.12. The molecule has 0 aliphatic carbocycles. The number of thioether (sulfide) groups is 1. The van der Waals surface area contributed by atoms with E-state index in [-0.39, 0.29) is 5.91 Å². The molecular weight excluding hydrogens is 272 g/mol. The molecule has 0 bridgehead atoms. The van der Waals surface area contributed by atoms with E-state index >= 15 is 0 Å². The molecule has 0 aliphatic heterocycles. The van der Waals surface area contributed by atoms with Gasteiger partial charge in [0.15, 0.2) is 0 Å². The van der Waals surface area contributed by atoms with E-state index in [1.54, 1.807) is 22.6 Å². The molecule has 1 aromatic heterocycles. The molecule has 0 aliphatic rings. The Morgan fingerprint density at radius 1 is 1.45 bits per heavy atom. The first-order valence-electron chi connectivity index (χ1n) is 6.37.